The van der Waals surface area contributed by atoms with Crippen LogP contribution >= 0.6 is 0 Å². The van der Waals surface area contributed by atoms with E-state index in [9.17, 15) is 10.5 Å². The third-order valence-corrected chi connectivity index (χ3v) is 16.0. The quantitative estimate of drug-likeness (QED) is 0.146. The molecular weight excluding hydrogens is 641 g/mol. The topological polar surface area (TPSA) is 58.9 Å². The summed E-state index contributed by atoms with van der Waals surface area (Å²) in [5.74, 6) is 0. The highest BCUT2D eigenvalue weighted by Gasteiger charge is 2.69. The lowest BCUT2D eigenvalue weighted by Crippen LogP contribution is -2.67. The number of rotatable bonds is 13. The minimum absolute atomic E-state index is 0.0418. The maximum absolute atomic E-state index is 11.3. The van der Waals surface area contributed by atoms with Crippen molar-refractivity contribution in [2.45, 2.75) is 247 Å². The first-order valence-corrected chi connectivity index (χ1v) is 21.5. The van der Waals surface area contributed by atoms with E-state index in [2.05, 4.69) is 152 Å². The zero-order valence-corrected chi connectivity index (χ0v) is 39.4. The third kappa shape index (κ3) is 9.01. The molecule has 2 rings (SSSR count). The SMILES string of the molecule is CCC(C)(C1(OO)CCC(C(C)(C)CC(C)(C)C)(C(C)(C)CC(C)(C)C)CC1)C1(OO)CCC(C(C)(C)CC(C)(C)C)(C(C)(C)CC(C)(C)C)CC1. The van der Waals surface area contributed by atoms with Crippen LogP contribution in [0.1, 0.15) is 236 Å². The van der Waals surface area contributed by atoms with Crippen molar-refractivity contribution in [3.05, 3.63) is 0 Å². The lowest BCUT2D eigenvalue weighted by molar-refractivity contribution is -0.431. The first kappa shape index (κ1) is 48.0. The summed E-state index contributed by atoms with van der Waals surface area (Å²) in [6, 6.07) is 0. The Kier molecular flexibility index (Phi) is 13.5. The molecule has 0 saturated heterocycles. The average molecular weight is 735 g/mol. The van der Waals surface area contributed by atoms with Crippen molar-refractivity contribution in [2.75, 3.05) is 0 Å². The summed E-state index contributed by atoms with van der Waals surface area (Å²) in [6.07, 6.45) is 12.1. The van der Waals surface area contributed by atoms with Gasteiger partial charge < -0.3 is 0 Å². The summed E-state index contributed by atoms with van der Waals surface area (Å²) in [4.78, 5) is 11.9. The van der Waals surface area contributed by atoms with Crippen molar-refractivity contribution in [1.29, 1.82) is 0 Å². The Morgan fingerprint density at radius 1 is 0.365 bits per heavy atom. The molecule has 0 aromatic heterocycles. The van der Waals surface area contributed by atoms with Gasteiger partial charge in [0.25, 0.3) is 0 Å². The van der Waals surface area contributed by atoms with Gasteiger partial charge in [-0.25, -0.2) is 9.78 Å². The van der Waals surface area contributed by atoms with Gasteiger partial charge in [0.05, 0.1) is 0 Å². The number of hydrogen-bond donors (Lipinski definition) is 2. The van der Waals surface area contributed by atoms with Crippen molar-refractivity contribution < 1.29 is 20.3 Å². The smallest absolute Gasteiger partial charge is 0.111 e. The molecule has 0 atom stereocenters. The molecule has 0 radical (unpaired) electrons. The molecule has 2 saturated carbocycles. The van der Waals surface area contributed by atoms with Crippen molar-refractivity contribution in [1.82, 2.24) is 0 Å². The van der Waals surface area contributed by atoms with Gasteiger partial charge in [0.2, 0.25) is 0 Å². The molecule has 0 heterocycles. The Morgan fingerprint density at radius 3 is 0.692 bits per heavy atom. The van der Waals surface area contributed by atoms with Crippen molar-refractivity contribution in [3.8, 4) is 0 Å². The molecule has 2 aliphatic rings. The molecule has 52 heavy (non-hydrogen) atoms. The van der Waals surface area contributed by atoms with Gasteiger partial charge in [0.15, 0.2) is 0 Å². The summed E-state index contributed by atoms with van der Waals surface area (Å²) >= 11 is 0. The van der Waals surface area contributed by atoms with Crippen molar-refractivity contribution in [3.63, 3.8) is 0 Å². The third-order valence-electron chi connectivity index (χ3n) is 16.0. The predicted molar refractivity (Wildman–Crippen MR) is 225 cm³/mol. The lowest BCUT2D eigenvalue weighted by Gasteiger charge is -2.67. The van der Waals surface area contributed by atoms with Gasteiger partial charge in [0.1, 0.15) is 11.2 Å². The highest BCUT2D eigenvalue weighted by molar-refractivity contribution is 5.18. The Morgan fingerprint density at radius 2 is 0.558 bits per heavy atom. The molecule has 2 aliphatic carbocycles. The van der Waals surface area contributed by atoms with E-state index in [-0.39, 0.29) is 54.1 Å². The highest BCUT2D eigenvalue weighted by atomic mass is 17.1. The van der Waals surface area contributed by atoms with E-state index in [4.69, 9.17) is 9.78 Å². The monoisotopic (exact) mass is 735 g/mol. The van der Waals surface area contributed by atoms with Gasteiger partial charge in [0, 0.05) is 5.41 Å². The van der Waals surface area contributed by atoms with E-state index in [1.807, 2.05) is 0 Å². The molecule has 2 fully saturated rings. The highest BCUT2D eigenvalue weighted by Crippen LogP contribution is 2.72. The fraction of sp³-hybridized carbons (Fsp3) is 1.00. The summed E-state index contributed by atoms with van der Waals surface area (Å²) < 4.78 is 0. The Bertz CT molecular complexity index is 1010. The Hall–Kier alpha value is -0.160. The lowest BCUT2D eigenvalue weighted by atomic mass is 9.39. The zero-order chi connectivity index (χ0) is 41.1. The average Bonchev–Trinajstić information content (AvgIpc) is 2.91. The molecular formula is C48H94O4. The molecule has 0 unspecified atom stereocenters. The molecule has 0 amide bonds. The number of hydrogen-bond acceptors (Lipinski definition) is 4. The second-order valence-corrected chi connectivity index (χ2v) is 26.5. The Balaban J connectivity index is 2.73. The van der Waals surface area contributed by atoms with Gasteiger partial charge in [-0.3, -0.25) is 10.5 Å². The fourth-order valence-corrected chi connectivity index (χ4v) is 15.2. The molecule has 4 heteroatoms. The summed E-state index contributed by atoms with van der Waals surface area (Å²) in [7, 11) is 0. The van der Waals surface area contributed by atoms with Gasteiger partial charge in [-0.05, 0) is 138 Å². The first-order valence-electron chi connectivity index (χ1n) is 21.5. The molecule has 0 aromatic rings. The van der Waals surface area contributed by atoms with Crippen LogP contribution < -0.4 is 0 Å². The van der Waals surface area contributed by atoms with Crippen LogP contribution in [0.4, 0.5) is 0 Å². The van der Waals surface area contributed by atoms with Crippen LogP contribution in [0, 0.1) is 59.6 Å². The molecule has 2 N–H and O–H groups in total. The maximum atomic E-state index is 11.3. The van der Waals surface area contributed by atoms with Crippen LogP contribution in [-0.4, -0.2) is 21.7 Å². The van der Waals surface area contributed by atoms with Gasteiger partial charge in [-0.1, -0.05) is 152 Å². The molecule has 0 bridgehead atoms. The molecule has 0 aliphatic heterocycles. The zero-order valence-electron chi connectivity index (χ0n) is 39.4. The normalized spacial score (nSPS) is 22.4. The fourth-order valence-electron chi connectivity index (χ4n) is 15.2. The van der Waals surface area contributed by atoms with Crippen LogP contribution in [0.25, 0.3) is 0 Å². The molecule has 0 spiro atoms. The van der Waals surface area contributed by atoms with Crippen LogP contribution in [0.5, 0.6) is 0 Å². The van der Waals surface area contributed by atoms with Crippen LogP contribution in [-0.2, 0) is 9.78 Å². The van der Waals surface area contributed by atoms with Gasteiger partial charge in [-0.2, -0.15) is 0 Å². The van der Waals surface area contributed by atoms with Crippen molar-refractivity contribution >= 4 is 0 Å². The van der Waals surface area contributed by atoms with Crippen LogP contribution in [0.3, 0.4) is 0 Å². The van der Waals surface area contributed by atoms with Crippen LogP contribution in [0.2, 0.25) is 0 Å². The van der Waals surface area contributed by atoms with E-state index in [1.54, 1.807) is 0 Å². The standard InChI is InChI=1S/C48H94O4/c1-23-44(22,47(51-49)28-24-45(25-29-47,40(14,15)32-36(2,3)4)41(16,17)33-37(5,6)7)48(52-50)30-26-46(27-31-48,42(18,19)34-38(8,9)10)43(20,21)35-39(11,12)13/h49-50H,23-35H2,1-22H3. The van der Waals surface area contributed by atoms with Crippen LogP contribution in [0.15, 0.2) is 0 Å². The summed E-state index contributed by atoms with van der Waals surface area (Å²) in [6.45, 7) is 53.3. The predicted octanol–water partition coefficient (Wildman–Crippen LogP) is 15.8. The van der Waals surface area contributed by atoms with E-state index < -0.39 is 16.6 Å². The van der Waals surface area contributed by atoms with E-state index in [0.29, 0.717) is 0 Å². The van der Waals surface area contributed by atoms with Gasteiger partial charge >= 0.3 is 0 Å². The maximum Gasteiger partial charge on any atom is 0.111 e. The molecule has 310 valence electrons. The first-order chi connectivity index (χ1) is 22.8. The second kappa shape index (κ2) is 14.7. The Labute approximate surface area is 326 Å². The summed E-state index contributed by atoms with van der Waals surface area (Å²) in [5.41, 5.74) is -1.14. The van der Waals surface area contributed by atoms with Crippen molar-refractivity contribution in [2.24, 2.45) is 59.6 Å². The van der Waals surface area contributed by atoms with E-state index in [1.165, 1.54) is 0 Å². The summed E-state index contributed by atoms with van der Waals surface area (Å²) in [5, 5.41) is 22.6. The minimum atomic E-state index is -0.828. The molecule has 4 nitrogen and oxygen atoms in total. The molecule has 0 aromatic carbocycles. The van der Waals surface area contributed by atoms with E-state index >= 15 is 0 Å². The van der Waals surface area contributed by atoms with E-state index in [0.717, 1.165) is 83.5 Å². The second-order valence-electron chi connectivity index (χ2n) is 26.5. The largest absolute Gasteiger partial charge is 0.251 e. The van der Waals surface area contributed by atoms with Gasteiger partial charge in [-0.15, -0.1) is 0 Å². The minimum Gasteiger partial charge on any atom is -0.251 e.